The number of aliphatic hydroxyl groups is 1. The fourth-order valence-electron chi connectivity index (χ4n) is 2.97. The summed E-state index contributed by atoms with van der Waals surface area (Å²) in [5, 5.41) is 9.42. The highest BCUT2D eigenvalue weighted by atomic mass is 16.5. The lowest BCUT2D eigenvalue weighted by molar-refractivity contribution is 0.277. The molecule has 0 radical (unpaired) electrons. The molecule has 0 aliphatic carbocycles. The minimum Gasteiger partial charge on any atom is -0.497 e. The van der Waals surface area contributed by atoms with Gasteiger partial charge in [0.15, 0.2) is 0 Å². The molecule has 1 aromatic carbocycles. The first-order valence-corrected chi connectivity index (χ1v) is 8.92. The molecule has 3 aromatic heterocycles. The van der Waals surface area contributed by atoms with E-state index in [1.807, 2.05) is 66.7 Å². The average molecular weight is 369 g/mol. The molecule has 0 unspecified atom stereocenters. The molecular formula is C23H19N3O2. The van der Waals surface area contributed by atoms with Crippen LogP contribution in [0, 0.1) is 0 Å². The Morgan fingerprint density at radius 1 is 0.750 bits per heavy atom. The lowest BCUT2D eigenvalue weighted by atomic mass is 10.0. The smallest absolute Gasteiger partial charge is 0.118 e. The number of hydrogen-bond donors (Lipinski definition) is 1. The number of rotatable bonds is 5. The van der Waals surface area contributed by atoms with Crippen molar-refractivity contribution in [3.63, 3.8) is 0 Å². The van der Waals surface area contributed by atoms with Gasteiger partial charge in [0.05, 0.1) is 42.2 Å². The van der Waals surface area contributed by atoms with E-state index in [-0.39, 0.29) is 6.61 Å². The predicted molar refractivity (Wildman–Crippen MR) is 109 cm³/mol. The molecule has 0 aliphatic heterocycles. The van der Waals surface area contributed by atoms with Gasteiger partial charge in [0, 0.05) is 6.20 Å². The first-order chi connectivity index (χ1) is 13.8. The van der Waals surface area contributed by atoms with Crippen molar-refractivity contribution >= 4 is 0 Å². The SMILES string of the molecule is COc1ccc(-c2cc(-c3ccccn3)nc(-c3cccc(CO)n3)c2)cc1. The fraction of sp³-hybridized carbons (Fsp3) is 0.0870. The quantitative estimate of drug-likeness (QED) is 0.566. The molecule has 0 saturated heterocycles. The van der Waals surface area contributed by atoms with Gasteiger partial charge in [-0.3, -0.25) is 4.98 Å². The van der Waals surface area contributed by atoms with Gasteiger partial charge in [-0.15, -0.1) is 0 Å². The van der Waals surface area contributed by atoms with Gasteiger partial charge in [0.2, 0.25) is 0 Å². The van der Waals surface area contributed by atoms with Gasteiger partial charge in [-0.1, -0.05) is 24.3 Å². The fourth-order valence-corrected chi connectivity index (χ4v) is 2.97. The Balaban J connectivity index is 1.87. The van der Waals surface area contributed by atoms with Gasteiger partial charge in [-0.05, 0) is 59.7 Å². The maximum atomic E-state index is 9.42. The summed E-state index contributed by atoms with van der Waals surface area (Å²) >= 11 is 0. The molecule has 0 fully saturated rings. The summed E-state index contributed by atoms with van der Waals surface area (Å²) in [7, 11) is 1.65. The van der Waals surface area contributed by atoms with Crippen LogP contribution in [-0.2, 0) is 6.61 Å². The van der Waals surface area contributed by atoms with E-state index < -0.39 is 0 Å². The first kappa shape index (κ1) is 17.8. The molecule has 0 bridgehead atoms. The Kier molecular flexibility index (Phi) is 5.08. The zero-order chi connectivity index (χ0) is 19.3. The van der Waals surface area contributed by atoms with Crippen LogP contribution in [0.15, 0.2) is 79.0 Å². The van der Waals surface area contributed by atoms with Gasteiger partial charge in [-0.2, -0.15) is 0 Å². The highest BCUT2D eigenvalue weighted by molar-refractivity contribution is 5.75. The van der Waals surface area contributed by atoms with Gasteiger partial charge in [-0.25, -0.2) is 9.97 Å². The summed E-state index contributed by atoms with van der Waals surface area (Å²) in [6.45, 7) is -0.112. The van der Waals surface area contributed by atoms with E-state index in [9.17, 15) is 5.11 Å². The number of ether oxygens (including phenoxy) is 1. The van der Waals surface area contributed by atoms with Crippen molar-refractivity contribution in [2.75, 3.05) is 7.11 Å². The van der Waals surface area contributed by atoms with Gasteiger partial charge < -0.3 is 9.84 Å². The van der Waals surface area contributed by atoms with E-state index in [2.05, 4.69) is 9.97 Å². The number of hydrogen-bond acceptors (Lipinski definition) is 5. The molecule has 5 nitrogen and oxygen atoms in total. The molecular weight excluding hydrogens is 350 g/mol. The van der Waals surface area contributed by atoms with E-state index in [1.165, 1.54) is 0 Å². The van der Waals surface area contributed by atoms with E-state index in [1.54, 1.807) is 19.4 Å². The minimum absolute atomic E-state index is 0.112. The maximum Gasteiger partial charge on any atom is 0.118 e. The lowest BCUT2D eigenvalue weighted by Crippen LogP contribution is -1.96. The van der Waals surface area contributed by atoms with Crippen LogP contribution >= 0.6 is 0 Å². The van der Waals surface area contributed by atoms with Crippen molar-refractivity contribution in [2.24, 2.45) is 0 Å². The van der Waals surface area contributed by atoms with Crippen LogP contribution in [0.2, 0.25) is 0 Å². The molecule has 0 saturated carbocycles. The second kappa shape index (κ2) is 7.98. The summed E-state index contributed by atoms with van der Waals surface area (Å²) in [6.07, 6.45) is 1.75. The van der Waals surface area contributed by atoms with Crippen molar-refractivity contribution in [3.8, 4) is 39.7 Å². The third-order valence-electron chi connectivity index (χ3n) is 4.41. The second-order valence-corrected chi connectivity index (χ2v) is 6.24. The van der Waals surface area contributed by atoms with Gasteiger partial charge in [0.1, 0.15) is 5.75 Å². The van der Waals surface area contributed by atoms with Crippen LogP contribution in [0.3, 0.4) is 0 Å². The van der Waals surface area contributed by atoms with Crippen LogP contribution in [-0.4, -0.2) is 27.2 Å². The number of aliphatic hydroxyl groups excluding tert-OH is 1. The number of pyridine rings is 3. The summed E-state index contributed by atoms with van der Waals surface area (Å²) in [5.41, 5.74) is 5.64. The molecule has 3 heterocycles. The van der Waals surface area contributed by atoms with Crippen LogP contribution in [0.1, 0.15) is 5.69 Å². The summed E-state index contributed by atoms with van der Waals surface area (Å²) in [5.74, 6) is 0.806. The molecule has 0 amide bonds. The van der Waals surface area contributed by atoms with Crippen molar-refractivity contribution in [1.82, 2.24) is 15.0 Å². The number of nitrogens with zero attached hydrogens (tertiary/aromatic N) is 3. The van der Waals surface area contributed by atoms with Crippen LogP contribution in [0.5, 0.6) is 5.75 Å². The van der Waals surface area contributed by atoms with E-state index in [0.717, 1.165) is 34.0 Å². The molecule has 4 aromatic rings. The Morgan fingerprint density at radius 2 is 1.50 bits per heavy atom. The molecule has 4 rings (SSSR count). The third-order valence-corrected chi connectivity index (χ3v) is 4.41. The lowest BCUT2D eigenvalue weighted by Gasteiger charge is -2.10. The molecule has 0 spiro atoms. The Labute approximate surface area is 163 Å². The number of aromatic nitrogens is 3. The highest BCUT2D eigenvalue weighted by Gasteiger charge is 2.11. The topological polar surface area (TPSA) is 68.1 Å². The summed E-state index contributed by atoms with van der Waals surface area (Å²) in [4.78, 5) is 13.7. The van der Waals surface area contributed by atoms with Crippen molar-refractivity contribution < 1.29 is 9.84 Å². The number of benzene rings is 1. The second-order valence-electron chi connectivity index (χ2n) is 6.24. The highest BCUT2D eigenvalue weighted by Crippen LogP contribution is 2.30. The van der Waals surface area contributed by atoms with E-state index >= 15 is 0 Å². The third kappa shape index (κ3) is 3.75. The molecule has 5 heteroatoms. The molecule has 1 N–H and O–H groups in total. The zero-order valence-electron chi connectivity index (χ0n) is 15.4. The largest absolute Gasteiger partial charge is 0.497 e. The van der Waals surface area contributed by atoms with E-state index in [0.29, 0.717) is 11.4 Å². The molecule has 138 valence electrons. The molecule has 0 aliphatic rings. The van der Waals surface area contributed by atoms with Gasteiger partial charge >= 0.3 is 0 Å². The summed E-state index contributed by atoms with van der Waals surface area (Å²) in [6, 6.07) is 23.2. The maximum absolute atomic E-state index is 9.42. The minimum atomic E-state index is -0.112. The number of methoxy groups -OCH3 is 1. The normalized spacial score (nSPS) is 10.6. The van der Waals surface area contributed by atoms with Crippen molar-refractivity contribution in [1.29, 1.82) is 0 Å². The monoisotopic (exact) mass is 369 g/mol. The van der Waals surface area contributed by atoms with Crippen molar-refractivity contribution in [3.05, 3.63) is 84.7 Å². The average Bonchev–Trinajstić information content (AvgIpc) is 2.79. The first-order valence-electron chi connectivity index (χ1n) is 8.92. The van der Waals surface area contributed by atoms with Crippen LogP contribution in [0.4, 0.5) is 0 Å². The summed E-state index contributed by atoms with van der Waals surface area (Å²) < 4.78 is 5.26. The van der Waals surface area contributed by atoms with Crippen LogP contribution in [0.25, 0.3) is 33.9 Å². The Hall–Kier alpha value is -3.57. The Bertz CT molecular complexity index is 1080. The van der Waals surface area contributed by atoms with Gasteiger partial charge in [0.25, 0.3) is 0 Å². The van der Waals surface area contributed by atoms with Crippen molar-refractivity contribution in [2.45, 2.75) is 6.61 Å². The predicted octanol–water partition coefficient (Wildman–Crippen LogP) is 4.37. The Morgan fingerprint density at radius 3 is 2.18 bits per heavy atom. The standard InChI is InChI=1S/C23H19N3O2/c1-28-19-10-8-16(9-11-19)17-13-22(20-6-2-3-12-24-20)26-23(14-17)21-7-4-5-18(15-27)25-21/h2-14,27H,15H2,1H3. The molecule has 28 heavy (non-hydrogen) atoms. The van der Waals surface area contributed by atoms with E-state index in [4.69, 9.17) is 9.72 Å². The van der Waals surface area contributed by atoms with Crippen LogP contribution < -0.4 is 4.74 Å². The zero-order valence-corrected chi connectivity index (χ0v) is 15.4. The molecule has 0 atom stereocenters.